The van der Waals surface area contributed by atoms with E-state index >= 15 is 0 Å². The average molecular weight is 375 g/mol. The van der Waals surface area contributed by atoms with Gasteiger partial charge >= 0.3 is 0 Å². The molecule has 4 rings (SSSR count). The summed E-state index contributed by atoms with van der Waals surface area (Å²) in [5, 5.41) is 8.98. The molecule has 7 heteroatoms. The summed E-state index contributed by atoms with van der Waals surface area (Å²) >= 11 is 5.87. The van der Waals surface area contributed by atoms with Crippen LogP contribution >= 0.6 is 11.6 Å². The number of amides is 1. The summed E-state index contributed by atoms with van der Waals surface area (Å²) < 4.78 is 7.82. The van der Waals surface area contributed by atoms with E-state index in [1.54, 1.807) is 24.3 Å². The number of halogens is 1. The quantitative estimate of drug-likeness (QED) is 0.746. The number of likely N-dealkylation sites (tertiary alicyclic amines) is 1. The van der Waals surface area contributed by atoms with Gasteiger partial charge in [0.05, 0.1) is 0 Å². The van der Waals surface area contributed by atoms with Crippen molar-refractivity contribution in [1.82, 2.24) is 19.7 Å². The maximum Gasteiger partial charge on any atom is 0.260 e. The third kappa shape index (κ3) is 4.01. The van der Waals surface area contributed by atoms with Crippen LogP contribution < -0.4 is 4.74 Å². The molecule has 1 saturated carbocycles. The number of benzene rings is 1. The van der Waals surface area contributed by atoms with Gasteiger partial charge in [-0.05, 0) is 56.4 Å². The second kappa shape index (κ2) is 7.66. The number of rotatable bonds is 7. The Morgan fingerprint density at radius 3 is 2.81 bits per heavy atom. The van der Waals surface area contributed by atoms with Crippen molar-refractivity contribution in [2.45, 2.75) is 50.6 Å². The van der Waals surface area contributed by atoms with E-state index < -0.39 is 0 Å². The van der Waals surface area contributed by atoms with E-state index in [2.05, 4.69) is 14.8 Å². The normalized spacial score (nSPS) is 19.7. The Morgan fingerprint density at radius 2 is 2.04 bits per heavy atom. The molecule has 2 aromatic rings. The van der Waals surface area contributed by atoms with Crippen molar-refractivity contribution in [2.24, 2.45) is 0 Å². The largest absolute Gasteiger partial charge is 0.484 e. The molecular formula is C19H23ClN4O2. The Balaban J connectivity index is 1.30. The molecule has 6 nitrogen and oxygen atoms in total. The highest BCUT2D eigenvalue weighted by atomic mass is 35.5. The number of carbonyl (C=O) groups is 1. The van der Waals surface area contributed by atoms with E-state index in [0.717, 1.165) is 38.1 Å². The minimum Gasteiger partial charge on any atom is -0.484 e. The molecule has 2 fully saturated rings. The molecular weight excluding hydrogens is 352 g/mol. The van der Waals surface area contributed by atoms with Crippen molar-refractivity contribution in [3.63, 3.8) is 0 Å². The maximum atomic E-state index is 12.6. The fourth-order valence-electron chi connectivity index (χ4n) is 3.62. The molecule has 1 atom stereocenters. The van der Waals surface area contributed by atoms with Gasteiger partial charge in [-0.3, -0.25) is 4.79 Å². The smallest absolute Gasteiger partial charge is 0.260 e. The summed E-state index contributed by atoms with van der Waals surface area (Å²) in [4.78, 5) is 14.6. The Labute approximate surface area is 158 Å². The van der Waals surface area contributed by atoms with Gasteiger partial charge in [-0.1, -0.05) is 11.6 Å². The van der Waals surface area contributed by atoms with Gasteiger partial charge < -0.3 is 14.2 Å². The number of ether oxygens (including phenoxy) is 1. The molecule has 26 heavy (non-hydrogen) atoms. The van der Waals surface area contributed by atoms with E-state index in [1.807, 2.05) is 11.2 Å². The van der Waals surface area contributed by atoms with Crippen LogP contribution in [0.5, 0.6) is 5.75 Å². The lowest BCUT2D eigenvalue weighted by atomic mass is 10.1. The summed E-state index contributed by atoms with van der Waals surface area (Å²) in [6.07, 6.45) is 8.17. The highest BCUT2D eigenvalue weighted by Gasteiger charge is 2.30. The van der Waals surface area contributed by atoms with Crippen LogP contribution in [0.15, 0.2) is 30.6 Å². The molecule has 1 aromatic heterocycles. The fraction of sp³-hybridized carbons (Fsp3) is 0.526. The molecule has 1 saturated heterocycles. The van der Waals surface area contributed by atoms with Gasteiger partial charge in [-0.25, -0.2) is 0 Å². The van der Waals surface area contributed by atoms with Crippen molar-refractivity contribution in [3.05, 3.63) is 41.4 Å². The molecule has 0 bridgehead atoms. The van der Waals surface area contributed by atoms with E-state index in [0.29, 0.717) is 16.8 Å². The van der Waals surface area contributed by atoms with Crippen molar-refractivity contribution < 1.29 is 9.53 Å². The average Bonchev–Trinajstić information content (AvgIpc) is 3.19. The van der Waals surface area contributed by atoms with Gasteiger partial charge in [-0.2, -0.15) is 0 Å². The molecule has 0 N–H and O–H groups in total. The van der Waals surface area contributed by atoms with Crippen LogP contribution in [-0.2, 0) is 11.2 Å². The first kappa shape index (κ1) is 17.3. The number of carbonyl (C=O) groups excluding carboxylic acids is 1. The molecule has 1 aromatic carbocycles. The predicted molar refractivity (Wildman–Crippen MR) is 98.3 cm³/mol. The van der Waals surface area contributed by atoms with Crippen LogP contribution in [-0.4, -0.2) is 44.8 Å². The molecule has 2 heterocycles. The lowest BCUT2D eigenvalue weighted by Gasteiger charge is -2.24. The van der Waals surface area contributed by atoms with Gasteiger partial charge in [-0.15, -0.1) is 10.2 Å². The monoisotopic (exact) mass is 374 g/mol. The Hall–Kier alpha value is -2.08. The minimum absolute atomic E-state index is 0.0473. The fourth-order valence-corrected chi connectivity index (χ4v) is 3.75. The Bertz CT molecular complexity index is 757. The zero-order valence-electron chi connectivity index (χ0n) is 14.7. The Morgan fingerprint density at radius 1 is 1.23 bits per heavy atom. The van der Waals surface area contributed by atoms with Crippen LogP contribution in [0.3, 0.4) is 0 Å². The lowest BCUT2D eigenvalue weighted by molar-refractivity contribution is -0.134. The highest BCUT2D eigenvalue weighted by molar-refractivity contribution is 6.30. The van der Waals surface area contributed by atoms with Gasteiger partial charge in [0, 0.05) is 30.1 Å². The molecule has 1 amide bonds. The molecule has 1 unspecified atom stereocenters. The third-order valence-corrected chi connectivity index (χ3v) is 5.41. The number of nitrogens with zero attached hydrogens (tertiary/aromatic N) is 4. The molecule has 0 radical (unpaired) electrons. The van der Waals surface area contributed by atoms with E-state index in [9.17, 15) is 4.79 Å². The topological polar surface area (TPSA) is 60.2 Å². The zero-order chi connectivity index (χ0) is 17.9. The van der Waals surface area contributed by atoms with Gasteiger partial charge in [0.25, 0.3) is 5.91 Å². The molecule has 0 spiro atoms. The second-order valence-corrected chi connectivity index (χ2v) is 7.49. The summed E-state index contributed by atoms with van der Waals surface area (Å²) in [7, 11) is 0. The molecule has 138 valence electrons. The van der Waals surface area contributed by atoms with Crippen LogP contribution in [0, 0.1) is 0 Å². The summed E-state index contributed by atoms with van der Waals surface area (Å²) in [5.41, 5.74) is 0. The minimum atomic E-state index is 0.0473. The molecule has 1 aliphatic heterocycles. The van der Waals surface area contributed by atoms with Gasteiger partial charge in [0.2, 0.25) is 0 Å². The standard InChI is InChI=1S/C19H23ClN4O2/c20-14-3-8-17(9-4-14)26-12-19(25)23-11-1-2-15(23)7-10-18-22-21-13-24(18)16-5-6-16/h3-4,8-9,13,15-16H,1-2,5-7,10-12H2. The third-order valence-electron chi connectivity index (χ3n) is 5.16. The number of hydrogen-bond acceptors (Lipinski definition) is 4. The number of aryl methyl sites for hydroxylation is 1. The number of hydrogen-bond donors (Lipinski definition) is 0. The van der Waals surface area contributed by atoms with E-state index in [1.165, 1.54) is 12.8 Å². The van der Waals surface area contributed by atoms with Crippen LogP contribution in [0.25, 0.3) is 0 Å². The van der Waals surface area contributed by atoms with Gasteiger partial charge in [0.15, 0.2) is 6.61 Å². The van der Waals surface area contributed by atoms with Crippen molar-refractivity contribution in [2.75, 3.05) is 13.2 Å². The van der Waals surface area contributed by atoms with E-state index in [4.69, 9.17) is 16.3 Å². The van der Waals surface area contributed by atoms with Crippen molar-refractivity contribution in [1.29, 1.82) is 0 Å². The van der Waals surface area contributed by atoms with Crippen LogP contribution in [0.4, 0.5) is 0 Å². The second-order valence-electron chi connectivity index (χ2n) is 7.05. The predicted octanol–water partition coefficient (Wildman–Crippen LogP) is 3.27. The summed E-state index contributed by atoms with van der Waals surface area (Å²) in [5.74, 6) is 1.76. The van der Waals surface area contributed by atoms with Crippen molar-refractivity contribution >= 4 is 17.5 Å². The first-order chi connectivity index (χ1) is 12.7. The summed E-state index contributed by atoms with van der Waals surface area (Å²) in [6, 6.07) is 7.94. The summed E-state index contributed by atoms with van der Waals surface area (Å²) in [6.45, 7) is 0.874. The highest BCUT2D eigenvalue weighted by Crippen LogP contribution is 2.35. The Kier molecular flexibility index (Phi) is 5.11. The van der Waals surface area contributed by atoms with E-state index in [-0.39, 0.29) is 18.6 Å². The van der Waals surface area contributed by atoms with Crippen LogP contribution in [0.2, 0.25) is 5.02 Å². The zero-order valence-corrected chi connectivity index (χ0v) is 15.4. The number of aromatic nitrogens is 3. The van der Waals surface area contributed by atoms with Crippen LogP contribution in [0.1, 0.15) is 44.0 Å². The van der Waals surface area contributed by atoms with Gasteiger partial charge in [0.1, 0.15) is 17.9 Å². The molecule has 2 aliphatic rings. The first-order valence-corrected chi connectivity index (χ1v) is 9.65. The lowest BCUT2D eigenvalue weighted by Crippen LogP contribution is -2.39. The maximum absolute atomic E-state index is 12.6. The SMILES string of the molecule is O=C(COc1ccc(Cl)cc1)N1CCCC1CCc1nncn1C1CC1. The first-order valence-electron chi connectivity index (χ1n) is 9.27. The molecule has 1 aliphatic carbocycles. The van der Waals surface area contributed by atoms with Crippen molar-refractivity contribution in [3.8, 4) is 5.75 Å².